The number of aryl methyl sites for hydroxylation is 1. The molecule has 0 bridgehead atoms. The van der Waals surface area contributed by atoms with Crippen LogP contribution in [0.4, 0.5) is 5.69 Å². The third-order valence-electron chi connectivity index (χ3n) is 2.66. The van der Waals surface area contributed by atoms with Crippen LogP contribution in [0.15, 0.2) is 34.8 Å². The van der Waals surface area contributed by atoms with Gasteiger partial charge in [-0.1, -0.05) is 15.9 Å². The van der Waals surface area contributed by atoms with Crippen LogP contribution in [0.25, 0.3) is 0 Å². The van der Waals surface area contributed by atoms with Crippen molar-refractivity contribution in [3.63, 3.8) is 0 Å². The zero-order valence-corrected chi connectivity index (χ0v) is 12.8. The van der Waals surface area contributed by atoms with Crippen molar-refractivity contribution in [2.75, 3.05) is 0 Å². The number of halogens is 1. The smallest absolute Gasteiger partial charge is 0.270 e. The lowest BCUT2D eigenvalue weighted by atomic mass is 10.2. The summed E-state index contributed by atoms with van der Waals surface area (Å²) < 4.78 is 0.761. The first kappa shape index (κ1) is 14.2. The van der Waals surface area contributed by atoms with Gasteiger partial charge in [-0.15, -0.1) is 11.3 Å². The van der Waals surface area contributed by atoms with Gasteiger partial charge >= 0.3 is 0 Å². The largest absolute Gasteiger partial charge is 0.308 e. The van der Waals surface area contributed by atoms with Gasteiger partial charge in [-0.05, 0) is 30.7 Å². The minimum absolute atomic E-state index is 0.101. The van der Waals surface area contributed by atoms with Crippen molar-refractivity contribution >= 4 is 33.0 Å². The predicted molar refractivity (Wildman–Crippen MR) is 80.4 cm³/mol. The van der Waals surface area contributed by atoms with Gasteiger partial charge in [0.25, 0.3) is 5.69 Å². The highest BCUT2D eigenvalue weighted by Crippen LogP contribution is 2.23. The molecule has 0 fully saturated rings. The van der Waals surface area contributed by atoms with Gasteiger partial charge in [-0.2, -0.15) is 0 Å². The molecule has 0 saturated carbocycles. The number of nitro groups is 1. The lowest BCUT2D eigenvalue weighted by molar-refractivity contribution is -0.384. The van der Waals surface area contributed by atoms with Crippen molar-refractivity contribution in [1.29, 1.82) is 0 Å². The second-order valence-corrected chi connectivity index (χ2v) is 6.38. The topological polar surface area (TPSA) is 55.2 Å². The van der Waals surface area contributed by atoms with E-state index in [0.29, 0.717) is 6.54 Å². The van der Waals surface area contributed by atoms with Gasteiger partial charge in [0.2, 0.25) is 0 Å². The van der Waals surface area contributed by atoms with Crippen LogP contribution in [-0.2, 0) is 13.1 Å². The molecule has 1 aromatic carbocycles. The number of nitro benzene ring substituents is 1. The molecule has 1 N–H and O–H groups in total. The first-order valence-electron chi connectivity index (χ1n) is 5.75. The Kier molecular flexibility index (Phi) is 4.68. The van der Waals surface area contributed by atoms with Crippen LogP contribution in [0.5, 0.6) is 0 Å². The zero-order valence-electron chi connectivity index (χ0n) is 10.4. The molecule has 100 valence electrons. The number of nitrogens with zero attached hydrogens (tertiary/aromatic N) is 1. The van der Waals surface area contributed by atoms with Crippen molar-refractivity contribution in [1.82, 2.24) is 5.32 Å². The van der Waals surface area contributed by atoms with Crippen LogP contribution in [0.2, 0.25) is 0 Å². The Hall–Kier alpha value is -1.24. The van der Waals surface area contributed by atoms with E-state index in [-0.39, 0.29) is 5.69 Å². The van der Waals surface area contributed by atoms with E-state index in [4.69, 9.17) is 0 Å². The number of thiophene rings is 1. The summed E-state index contributed by atoms with van der Waals surface area (Å²) in [5, 5.41) is 14.0. The van der Waals surface area contributed by atoms with Gasteiger partial charge in [0.15, 0.2) is 0 Å². The van der Waals surface area contributed by atoms with Gasteiger partial charge in [0, 0.05) is 39.4 Å². The lowest BCUT2D eigenvalue weighted by Gasteiger charge is -2.05. The number of non-ortho nitro benzene ring substituents is 1. The SMILES string of the molecule is Cc1ccc(CNCc2ccc([N+](=O)[O-])cc2Br)s1. The molecule has 19 heavy (non-hydrogen) atoms. The summed E-state index contributed by atoms with van der Waals surface area (Å²) in [5.41, 5.74) is 1.11. The molecule has 0 aliphatic heterocycles. The third kappa shape index (κ3) is 3.86. The van der Waals surface area contributed by atoms with Crippen LogP contribution in [-0.4, -0.2) is 4.92 Å². The van der Waals surface area contributed by atoms with E-state index < -0.39 is 4.92 Å². The Morgan fingerprint density at radius 1 is 1.32 bits per heavy atom. The number of nitrogens with one attached hydrogen (secondary N) is 1. The molecule has 2 rings (SSSR count). The summed E-state index contributed by atoms with van der Waals surface area (Å²) >= 11 is 5.13. The van der Waals surface area contributed by atoms with Crippen LogP contribution in [0, 0.1) is 17.0 Å². The average molecular weight is 341 g/mol. The molecule has 1 heterocycles. The van der Waals surface area contributed by atoms with E-state index in [0.717, 1.165) is 16.6 Å². The summed E-state index contributed by atoms with van der Waals surface area (Å²) in [7, 11) is 0. The predicted octanol–water partition coefficient (Wildman–Crippen LogP) is 4.02. The lowest BCUT2D eigenvalue weighted by Crippen LogP contribution is -2.12. The molecule has 0 saturated heterocycles. The molecule has 0 aliphatic rings. The maximum Gasteiger partial charge on any atom is 0.270 e. The van der Waals surface area contributed by atoms with Crippen molar-refractivity contribution in [2.24, 2.45) is 0 Å². The van der Waals surface area contributed by atoms with E-state index >= 15 is 0 Å². The van der Waals surface area contributed by atoms with Crippen molar-refractivity contribution < 1.29 is 4.92 Å². The molecule has 2 aromatic rings. The Morgan fingerprint density at radius 2 is 2.11 bits per heavy atom. The summed E-state index contributed by atoms with van der Waals surface area (Å²) in [6.45, 7) is 3.57. The fourth-order valence-corrected chi connectivity index (χ4v) is 3.06. The molecule has 4 nitrogen and oxygen atoms in total. The van der Waals surface area contributed by atoms with Gasteiger partial charge in [0.05, 0.1) is 4.92 Å². The summed E-state index contributed by atoms with van der Waals surface area (Å²) in [6, 6.07) is 9.04. The van der Waals surface area contributed by atoms with E-state index in [2.05, 4.69) is 40.3 Å². The van der Waals surface area contributed by atoms with E-state index in [9.17, 15) is 10.1 Å². The number of rotatable bonds is 5. The van der Waals surface area contributed by atoms with Crippen LogP contribution in [0.3, 0.4) is 0 Å². The fourth-order valence-electron chi connectivity index (χ4n) is 1.69. The van der Waals surface area contributed by atoms with E-state index in [1.165, 1.54) is 21.9 Å². The maximum atomic E-state index is 10.6. The zero-order chi connectivity index (χ0) is 13.8. The van der Waals surface area contributed by atoms with E-state index in [1.807, 2.05) is 0 Å². The quantitative estimate of drug-likeness (QED) is 0.660. The molecule has 0 aliphatic carbocycles. The summed E-state index contributed by atoms with van der Waals surface area (Å²) in [4.78, 5) is 12.8. The highest BCUT2D eigenvalue weighted by Gasteiger charge is 2.08. The highest BCUT2D eigenvalue weighted by molar-refractivity contribution is 9.10. The minimum Gasteiger partial charge on any atom is -0.308 e. The summed E-state index contributed by atoms with van der Waals surface area (Å²) in [6.07, 6.45) is 0. The Labute approximate surface area is 123 Å². The number of hydrogen-bond donors (Lipinski definition) is 1. The molecule has 0 spiro atoms. The van der Waals surface area contributed by atoms with Crippen molar-refractivity contribution in [3.8, 4) is 0 Å². The minimum atomic E-state index is -0.392. The second kappa shape index (κ2) is 6.27. The molecule has 1 aromatic heterocycles. The number of benzene rings is 1. The van der Waals surface area contributed by atoms with Crippen molar-refractivity contribution in [3.05, 3.63) is 60.2 Å². The van der Waals surface area contributed by atoms with Crippen LogP contribution >= 0.6 is 27.3 Å². The second-order valence-electron chi connectivity index (χ2n) is 4.15. The Morgan fingerprint density at radius 3 is 2.68 bits per heavy atom. The highest BCUT2D eigenvalue weighted by atomic mass is 79.9. The van der Waals surface area contributed by atoms with Gasteiger partial charge in [-0.3, -0.25) is 10.1 Å². The third-order valence-corrected chi connectivity index (χ3v) is 4.40. The first-order chi connectivity index (χ1) is 9.06. The van der Waals surface area contributed by atoms with Gasteiger partial charge in [0.1, 0.15) is 0 Å². The molecule has 0 radical (unpaired) electrons. The Balaban J connectivity index is 1.94. The fraction of sp³-hybridized carbons (Fsp3) is 0.231. The first-order valence-corrected chi connectivity index (χ1v) is 7.36. The molecular weight excluding hydrogens is 328 g/mol. The maximum absolute atomic E-state index is 10.6. The molecule has 0 amide bonds. The molecule has 0 atom stereocenters. The molecule has 0 unspecified atom stereocenters. The number of hydrogen-bond acceptors (Lipinski definition) is 4. The summed E-state index contributed by atoms with van der Waals surface area (Å²) in [5.74, 6) is 0. The standard InChI is InChI=1S/C13H13BrN2O2S/c1-9-2-5-12(19-9)8-15-7-10-3-4-11(16(17)18)6-13(10)14/h2-6,15H,7-8H2,1H3. The van der Waals surface area contributed by atoms with E-state index in [1.54, 1.807) is 17.4 Å². The molecular formula is C13H13BrN2O2S. The van der Waals surface area contributed by atoms with Crippen LogP contribution < -0.4 is 5.32 Å². The average Bonchev–Trinajstić information content (AvgIpc) is 2.77. The van der Waals surface area contributed by atoms with Crippen molar-refractivity contribution in [2.45, 2.75) is 20.0 Å². The Bertz CT molecular complexity index is 598. The van der Waals surface area contributed by atoms with Gasteiger partial charge in [-0.25, -0.2) is 0 Å². The normalized spacial score (nSPS) is 10.6. The monoisotopic (exact) mass is 340 g/mol. The van der Waals surface area contributed by atoms with Gasteiger partial charge < -0.3 is 5.32 Å². The molecule has 6 heteroatoms. The van der Waals surface area contributed by atoms with Crippen LogP contribution in [0.1, 0.15) is 15.3 Å².